The molecule has 0 radical (unpaired) electrons. The monoisotopic (exact) mass is 326 g/mol. The van der Waals surface area contributed by atoms with Crippen molar-refractivity contribution in [1.29, 1.82) is 0 Å². The van der Waals surface area contributed by atoms with Crippen LogP contribution in [-0.4, -0.2) is 36.4 Å². The molecule has 0 aliphatic rings. The van der Waals surface area contributed by atoms with Gasteiger partial charge in [-0.15, -0.1) is 10.2 Å². The molecule has 9 heteroatoms. The summed E-state index contributed by atoms with van der Waals surface area (Å²) in [6, 6.07) is 0. The molecule has 7 nitrogen and oxygen atoms in total. The second-order valence-corrected chi connectivity index (χ2v) is 6.50. The highest BCUT2D eigenvalue weighted by molar-refractivity contribution is 7.99. The number of carbonyl (C=O) groups is 1. The predicted octanol–water partition coefficient (Wildman–Crippen LogP) is 1.75. The molecule has 0 saturated heterocycles. The smallest absolute Gasteiger partial charge is 0.230 e. The van der Waals surface area contributed by atoms with E-state index in [0.29, 0.717) is 23.4 Å². The van der Waals surface area contributed by atoms with E-state index >= 15 is 0 Å². The Morgan fingerprint density at radius 3 is 2.95 bits per heavy atom. The lowest BCUT2D eigenvalue weighted by molar-refractivity contribution is -0.118. The summed E-state index contributed by atoms with van der Waals surface area (Å²) in [5.41, 5.74) is 0.953. The maximum atomic E-state index is 11.8. The van der Waals surface area contributed by atoms with Crippen LogP contribution < -0.4 is 5.32 Å². The lowest BCUT2D eigenvalue weighted by atomic mass is 10.1. The molecule has 2 rings (SSSR count). The number of aryl methyl sites for hydroxylation is 1. The van der Waals surface area contributed by atoms with Crippen LogP contribution in [0.2, 0.25) is 0 Å². The normalized spacial score (nSPS) is 11.0. The molecule has 0 aliphatic carbocycles. The molecular weight excluding hydrogens is 308 g/mol. The highest BCUT2D eigenvalue weighted by Gasteiger charge is 2.13. The third-order valence-electron chi connectivity index (χ3n) is 2.76. The Balaban J connectivity index is 1.78. The Labute approximate surface area is 131 Å². The Bertz CT molecular complexity index is 594. The SMILES string of the molecule is CCc1nc(SCC(=O)NCc2snnc2C(C)C)n[nH]1. The van der Waals surface area contributed by atoms with E-state index in [9.17, 15) is 4.79 Å². The molecule has 0 aromatic carbocycles. The molecule has 0 unspecified atom stereocenters. The third-order valence-corrected chi connectivity index (χ3v) is 4.34. The van der Waals surface area contributed by atoms with Gasteiger partial charge >= 0.3 is 0 Å². The van der Waals surface area contributed by atoms with Crippen molar-refractivity contribution >= 4 is 29.2 Å². The van der Waals surface area contributed by atoms with E-state index in [4.69, 9.17) is 0 Å². The highest BCUT2D eigenvalue weighted by Crippen LogP contribution is 2.19. The zero-order valence-electron chi connectivity index (χ0n) is 12.2. The molecule has 1 amide bonds. The van der Waals surface area contributed by atoms with E-state index in [-0.39, 0.29) is 5.91 Å². The number of nitrogens with zero attached hydrogens (tertiary/aromatic N) is 4. The molecule has 0 atom stereocenters. The van der Waals surface area contributed by atoms with Crippen molar-refractivity contribution in [3.63, 3.8) is 0 Å². The van der Waals surface area contributed by atoms with Crippen molar-refractivity contribution < 1.29 is 4.79 Å². The van der Waals surface area contributed by atoms with Crippen LogP contribution in [0.25, 0.3) is 0 Å². The lowest BCUT2D eigenvalue weighted by Gasteiger charge is -2.05. The summed E-state index contributed by atoms with van der Waals surface area (Å²) >= 11 is 2.65. The van der Waals surface area contributed by atoms with Gasteiger partial charge in [0.05, 0.1) is 22.9 Å². The second kappa shape index (κ2) is 7.51. The zero-order valence-corrected chi connectivity index (χ0v) is 13.8. The first-order chi connectivity index (χ1) is 10.1. The van der Waals surface area contributed by atoms with Gasteiger partial charge in [0.25, 0.3) is 0 Å². The topological polar surface area (TPSA) is 96.5 Å². The minimum Gasteiger partial charge on any atom is -0.350 e. The van der Waals surface area contributed by atoms with Crippen LogP contribution in [0, 0.1) is 0 Å². The summed E-state index contributed by atoms with van der Waals surface area (Å²) in [5.74, 6) is 1.39. The molecule has 2 N–H and O–H groups in total. The van der Waals surface area contributed by atoms with E-state index in [1.54, 1.807) is 0 Å². The fourth-order valence-corrected chi connectivity index (χ4v) is 3.02. The zero-order chi connectivity index (χ0) is 15.2. The molecule has 2 heterocycles. The summed E-state index contributed by atoms with van der Waals surface area (Å²) in [6.07, 6.45) is 0.802. The van der Waals surface area contributed by atoms with Crippen LogP contribution in [0.1, 0.15) is 43.1 Å². The van der Waals surface area contributed by atoms with Gasteiger partial charge in [-0.3, -0.25) is 9.89 Å². The average molecular weight is 326 g/mol. The lowest BCUT2D eigenvalue weighted by Crippen LogP contribution is -2.24. The van der Waals surface area contributed by atoms with E-state index < -0.39 is 0 Å². The first-order valence-corrected chi connectivity index (χ1v) is 8.48. The third kappa shape index (κ3) is 4.50. The van der Waals surface area contributed by atoms with E-state index in [1.807, 2.05) is 6.92 Å². The number of thioether (sulfide) groups is 1. The Morgan fingerprint density at radius 2 is 2.29 bits per heavy atom. The Kier molecular flexibility index (Phi) is 5.68. The van der Waals surface area contributed by atoms with Crippen LogP contribution >= 0.6 is 23.3 Å². The van der Waals surface area contributed by atoms with Gasteiger partial charge in [0.1, 0.15) is 5.82 Å². The van der Waals surface area contributed by atoms with Crippen molar-refractivity contribution in [3.8, 4) is 0 Å². The van der Waals surface area contributed by atoms with Crippen LogP contribution in [0.5, 0.6) is 0 Å². The molecule has 0 bridgehead atoms. The quantitative estimate of drug-likeness (QED) is 0.753. The largest absolute Gasteiger partial charge is 0.350 e. The maximum absolute atomic E-state index is 11.8. The van der Waals surface area contributed by atoms with Gasteiger partial charge in [-0.05, 0) is 17.5 Å². The van der Waals surface area contributed by atoms with E-state index in [1.165, 1.54) is 23.3 Å². The van der Waals surface area contributed by atoms with Crippen molar-refractivity contribution in [1.82, 2.24) is 30.1 Å². The number of nitrogens with one attached hydrogen (secondary N) is 2. The van der Waals surface area contributed by atoms with Crippen molar-refractivity contribution in [2.75, 3.05) is 5.75 Å². The number of aromatic amines is 1. The molecule has 0 spiro atoms. The van der Waals surface area contributed by atoms with E-state index in [0.717, 1.165) is 22.8 Å². The van der Waals surface area contributed by atoms with Crippen LogP contribution in [0.4, 0.5) is 0 Å². The summed E-state index contributed by atoms with van der Waals surface area (Å²) < 4.78 is 3.94. The van der Waals surface area contributed by atoms with Crippen molar-refractivity contribution in [2.45, 2.75) is 44.8 Å². The first-order valence-electron chi connectivity index (χ1n) is 6.72. The molecule has 0 fully saturated rings. The number of aromatic nitrogens is 5. The molecule has 2 aromatic rings. The number of hydrogen-bond acceptors (Lipinski definition) is 7. The summed E-state index contributed by atoms with van der Waals surface area (Å²) in [6.45, 7) is 6.59. The minimum atomic E-state index is -0.0500. The Hall–Kier alpha value is -1.48. The van der Waals surface area contributed by atoms with E-state index in [2.05, 4.69) is 43.9 Å². The minimum absolute atomic E-state index is 0.0500. The standard InChI is InChI=1S/C12H18N6OS2/c1-4-9-14-12(17-15-9)20-6-10(19)13-5-8-11(7(2)3)16-18-21-8/h7H,4-6H2,1-3H3,(H,13,19)(H,14,15,17). The number of rotatable bonds is 7. The van der Waals surface area contributed by atoms with Gasteiger partial charge in [-0.2, -0.15) is 0 Å². The Morgan fingerprint density at radius 1 is 1.48 bits per heavy atom. The molecule has 114 valence electrons. The summed E-state index contributed by atoms with van der Waals surface area (Å²) in [7, 11) is 0. The van der Waals surface area contributed by atoms with Gasteiger partial charge < -0.3 is 5.32 Å². The molecule has 0 aliphatic heterocycles. The average Bonchev–Trinajstić information content (AvgIpc) is 3.11. The van der Waals surface area contributed by atoms with Gasteiger partial charge in [-0.25, -0.2) is 4.98 Å². The van der Waals surface area contributed by atoms with Gasteiger partial charge in [0.15, 0.2) is 0 Å². The molecular formula is C12H18N6OS2. The molecule has 21 heavy (non-hydrogen) atoms. The van der Waals surface area contributed by atoms with Crippen LogP contribution in [-0.2, 0) is 17.8 Å². The fraction of sp³-hybridized carbons (Fsp3) is 0.583. The second-order valence-electron chi connectivity index (χ2n) is 4.72. The number of H-pyrrole nitrogens is 1. The van der Waals surface area contributed by atoms with Gasteiger partial charge in [-0.1, -0.05) is 37.0 Å². The van der Waals surface area contributed by atoms with Crippen LogP contribution in [0.15, 0.2) is 5.16 Å². The number of amides is 1. The predicted molar refractivity (Wildman–Crippen MR) is 82.3 cm³/mol. The maximum Gasteiger partial charge on any atom is 0.230 e. The van der Waals surface area contributed by atoms with Gasteiger partial charge in [0.2, 0.25) is 11.1 Å². The fourth-order valence-electron chi connectivity index (χ4n) is 1.64. The molecule has 2 aromatic heterocycles. The number of carbonyl (C=O) groups excluding carboxylic acids is 1. The van der Waals surface area contributed by atoms with Gasteiger partial charge in [0, 0.05) is 6.42 Å². The van der Waals surface area contributed by atoms with Crippen LogP contribution in [0.3, 0.4) is 0 Å². The summed E-state index contributed by atoms with van der Waals surface area (Å²) in [5, 5.41) is 14.4. The van der Waals surface area contributed by atoms with Crippen molar-refractivity contribution in [2.24, 2.45) is 0 Å². The number of hydrogen-bond donors (Lipinski definition) is 2. The summed E-state index contributed by atoms with van der Waals surface area (Å²) in [4.78, 5) is 17.1. The first kappa shape index (κ1) is 15.9. The molecule has 0 saturated carbocycles. The van der Waals surface area contributed by atoms with Crippen molar-refractivity contribution in [3.05, 3.63) is 16.4 Å². The highest BCUT2D eigenvalue weighted by atomic mass is 32.2.